The molecule has 1 fully saturated rings. The van der Waals surface area contributed by atoms with Gasteiger partial charge in [0.25, 0.3) is 0 Å². The van der Waals surface area contributed by atoms with Crippen LogP contribution in [0.3, 0.4) is 0 Å². The number of fused-ring (bicyclic) bond motifs is 1. The van der Waals surface area contributed by atoms with Crippen LogP contribution in [0.1, 0.15) is 31.2 Å². The van der Waals surface area contributed by atoms with Crippen molar-refractivity contribution < 1.29 is 4.74 Å². The van der Waals surface area contributed by atoms with Gasteiger partial charge in [-0.3, -0.25) is 0 Å². The number of benzene rings is 2. The van der Waals surface area contributed by atoms with Gasteiger partial charge in [0.15, 0.2) is 0 Å². The lowest BCUT2D eigenvalue weighted by Gasteiger charge is -2.15. The molecular formula is C17H19BrO. The van der Waals surface area contributed by atoms with Crippen molar-refractivity contribution in [3.8, 4) is 5.75 Å². The molecule has 100 valence electrons. The quantitative estimate of drug-likeness (QED) is 0.695. The molecule has 1 saturated carbocycles. The van der Waals surface area contributed by atoms with Gasteiger partial charge in [0.1, 0.15) is 5.75 Å². The topological polar surface area (TPSA) is 9.23 Å². The summed E-state index contributed by atoms with van der Waals surface area (Å²) in [5.74, 6) is 1.80. The van der Waals surface area contributed by atoms with Crippen molar-refractivity contribution in [2.24, 2.45) is 5.92 Å². The molecule has 1 aliphatic carbocycles. The van der Waals surface area contributed by atoms with E-state index in [0.29, 0.717) is 0 Å². The molecule has 0 radical (unpaired) electrons. The monoisotopic (exact) mass is 318 g/mol. The SMILES string of the molecule is BrCc1c(OCC2CCCC2)ccc2ccccc12. The minimum Gasteiger partial charge on any atom is -0.493 e. The fraction of sp³-hybridized carbons (Fsp3) is 0.412. The van der Waals surface area contributed by atoms with Crippen LogP contribution in [0.25, 0.3) is 10.8 Å². The summed E-state index contributed by atoms with van der Waals surface area (Å²) in [6, 6.07) is 12.8. The third-order valence-electron chi connectivity index (χ3n) is 4.08. The average molecular weight is 319 g/mol. The highest BCUT2D eigenvalue weighted by Gasteiger charge is 2.16. The minimum absolute atomic E-state index is 0.759. The van der Waals surface area contributed by atoms with E-state index in [9.17, 15) is 0 Å². The summed E-state index contributed by atoms with van der Waals surface area (Å²) < 4.78 is 6.09. The van der Waals surface area contributed by atoms with E-state index in [1.54, 1.807) is 0 Å². The Kier molecular flexibility index (Phi) is 4.07. The van der Waals surface area contributed by atoms with Crippen LogP contribution in [0.4, 0.5) is 0 Å². The van der Waals surface area contributed by atoms with E-state index in [0.717, 1.165) is 23.6 Å². The van der Waals surface area contributed by atoms with Crippen molar-refractivity contribution in [3.05, 3.63) is 42.0 Å². The van der Waals surface area contributed by atoms with Crippen molar-refractivity contribution in [3.63, 3.8) is 0 Å². The fourth-order valence-corrected chi connectivity index (χ4v) is 3.55. The Hall–Kier alpha value is -1.02. The molecule has 0 amide bonds. The first kappa shape index (κ1) is 13.0. The smallest absolute Gasteiger partial charge is 0.123 e. The lowest BCUT2D eigenvalue weighted by Crippen LogP contribution is -2.09. The highest BCUT2D eigenvalue weighted by Crippen LogP contribution is 2.32. The molecule has 0 saturated heterocycles. The molecule has 0 unspecified atom stereocenters. The third kappa shape index (κ3) is 2.79. The van der Waals surface area contributed by atoms with Crippen LogP contribution in [0.15, 0.2) is 36.4 Å². The molecule has 0 N–H and O–H groups in total. The van der Waals surface area contributed by atoms with E-state index < -0.39 is 0 Å². The Balaban J connectivity index is 1.85. The van der Waals surface area contributed by atoms with Gasteiger partial charge in [-0.05, 0) is 35.6 Å². The maximum absolute atomic E-state index is 6.09. The Morgan fingerprint density at radius 1 is 1.05 bits per heavy atom. The molecule has 0 spiro atoms. The van der Waals surface area contributed by atoms with Crippen LogP contribution in [0.5, 0.6) is 5.75 Å². The van der Waals surface area contributed by atoms with Crippen molar-refractivity contribution >= 4 is 26.7 Å². The molecular weight excluding hydrogens is 300 g/mol. The van der Waals surface area contributed by atoms with Crippen LogP contribution in [-0.2, 0) is 5.33 Å². The van der Waals surface area contributed by atoms with Crippen LogP contribution in [-0.4, -0.2) is 6.61 Å². The van der Waals surface area contributed by atoms with Crippen molar-refractivity contribution in [1.29, 1.82) is 0 Å². The Morgan fingerprint density at radius 3 is 2.63 bits per heavy atom. The first-order valence-corrected chi connectivity index (χ1v) is 8.20. The number of ether oxygens (including phenoxy) is 1. The van der Waals surface area contributed by atoms with Crippen LogP contribution in [0.2, 0.25) is 0 Å². The summed E-state index contributed by atoms with van der Waals surface area (Å²) in [6.45, 7) is 0.873. The van der Waals surface area contributed by atoms with E-state index in [1.165, 1.54) is 42.0 Å². The number of hydrogen-bond acceptors (Lipinski definition) is 1. The predicted octanol–water partition coefficient (Wildman–Crippen LogP) is 5.30. The van der Waals surface area contributed by atoms with Gasteiger partial charge in [0.05, 0.1) is 6.61 Å². The zero-order valence-corrected chi connectivity index (χ0v) is 12.7. The van der Waals surface area contributed by atoms with Gasteiger partial charge in [-0.25, -0.2) is 0 Å². The van der Waals surface area contributed by atoms with Gasteiger partial charge < -0.3 is 4.74 Å². The molecule has 0 heterocycles. The molecule has 2 aromatic rings. The predicted molar refractivity (Wildman–Crippen MR) is 84.0 cm³/mol. The molecule has 3 rings (SSSR count). The molecule has 0 aliphatic heterocycles. The number of halogens is 1. The zero-order chi connectivity index (χ0) is 13.1. The highest BCUT2D eigenvalue weighted by atomic mass is 79.9. The second-order valence-electron chi connectivity index (χ2n) is 5.36. The second kappa shape index (κ2) is 5.96. The maximum atomic E-state index is 6.09. The van der Waals surface area contributed by atoms with Crippen LogP contribution < -0.4 is 4.74 Å². The van der Waals surface area contributed by atoms with E-state index in [-0.39, 0.29) is 0 Å². The molecule has 1 aliphatic rings. The number of alkyl halides is 1. The largest absolute Gasteiger partial charge is 0.493 e. The van der Waals surface area contributed by atoms with E-state index in [1.807, 2.05) is 0 Å². The fourth-order valence-electron chi connectivity index (χ4n) is 2.97. The van der Waals surface area contributed by atoms with Gasteiger partial charge in [-0.2, -0.15) is 0 Å². The molecule has 1 nitrogen and oxygen atoms in total. The lowest BCUT2D eigenvalue weighted by atomic mass is 10.0. The number of rotatable bonds is 4. The van der Waals surface area contributed by atoms with Gasteiger partial charge in [0.2, 0.25) is 0 Å². The van der Waals surface area contributed by atoms with Gasteiger partial charge >= 0.3 is 0 Å². The van der Waals surface area contributed by atoms with Crippen molar-refractivity contribution in [2.45, 2.75) is 31.0 Å². The third-order valence-corrected chi connectivity index (χ3v) is 4.64. The summed E-state index contributed by atoms with van der Waals surface area (Å²) >= 11 is 3.60. The summed E-state index contributed by atoms with van der Waals surface area (Å²) in [7, 11) is 0. The van der Waals surface area contributed by atoms with E-state index >= 15 is 0 Å². The number of hydrogen-bond donors (Lipinski definition) is 0. The van der Waals surface area contributed by atoms with Gasteiger partial charge in [-0.1, -0.05) is 59.1 Å². The Labute approximate surface area is 123 Å². The maximum Gasteiger partial charge on any atom is 0.123 e. The molecule has 2 aromatic carbocycles. The Morgan fingerprint density at radius 2 is 1.84 bits per heavy atom. The lowest BCUT2D eigenvalue weighted by molar-refractivity contribution is 0.251. The summed E-state index contributed by atoms with van der Waals surface area (Å²) in [6.07, 6.45) is 5.41. The second-order valence-corrected chi connectivity index (χ2v) is 5.92. The first-order valence-electron chi connectivity index (χ1n) is 7.08. The normalized spacial score (nSPS) is 16.1. The van der Waals surface area contributed by atoms with Crippen LogP contribution >= 0.6 is 15.9 Å². The standard InChI is InChI=1S/C17H19BrO/c18-11-16-15-8-4-3-7-14(15)9-10-17(16)19-12-13-5-1-2-6-13/h3-4,7-10,13H,1-2,5-6,11-12H2. The van der Waals surface area contributed by atoms with E-state index in [2.05, 4.69) is 52.3 Å². The molecule has 0 aromatic heterocycles. The molecule has 0 bridgehead atoms. The molecule has 19 heavy (non-hydrogen) atoms. The minimum atomic E-state index is 0.759. The van der Waals surface area contributed by atoms with Gasteiger partial charge in [-0.15, -0.1) is 0 Å². The van der Waals surface area contributed by atoms with Crippen LogP contribution in [0, 0.1) is 5.92 Å². The van der Waals surface area contributed by atoms with E-state index in [4.69, 9.17) is 4.74 Å². The van der Waals surface area contributed by atoms with Crippen molar-refractivity contribution in [1.82, 2.24) is 0 Å². The highest BCUT2D eigenvalue weighted by molar-refractivity contribution is 9.08. The zero-order valence-electron chi connectivity index (χ0n) is 11.1. The Bertz CT molecular complexity index is 558. The van der Waals surface area contributed by atoms with Gasteiger partial charge in [0, 0.05) is 10.9 Å². The summed E-state index contributed by atoms with van der Waals surface area (Å²) in [4.78, 5) is 0. The first-order chi connectivity index (χ1) is 9.38. The van der Waals surface area contributed by atoms with Crippen molar-refractivity contribution in [2.75, 3.05) is 6.61 Å². The molecule has 0 atom stereocenters. The summed E-state index contributed by atoms with van der Waals surface area (Å²) in [5, 5.41) is 3.42. The molecule has 2 heteroatoms. The average Bonchev–Trinajstić information content (AvgIpc) is 2.97. The summed E-state index contributed by atoms with van der Waals surface area (Å²) in [5.41, 5.74) is 1.27.